The van der Waals surface area contributed by atoms with Crippen molar-refractivity contribution in [3.8, 4) is 0 Å². The number of carbonyl (C=O) groups is 1. The van der Waals surface area contributed by atoms with Gasteiger partial charge in [0.15, 0.2) is 0 Å². The van der Waals surface area contributed by atoms with Crippen LogP contribution in [-0.2, 0) is 5.41 Å². The molecule has 0 saturated heterocycles. The Balaban J connectivity index is 1.58. The summed E-state index contributed by atoms with van der Waals surface area (Å²) in [6.07, 6.45) is 4.35. The van der Waals surface area contributed by atoms with E-state index in [2.05, 4.69) is 29.4 Å². The van der Waals surface area contributed by atoms with Crippen LogP contribution in [0.5, 0.6) is 0 Å². The van der Waals surface area contributed by atoms with E-state index in [4.69, 9.17) is 11.6 Å². The quantitative estimate of drug-likeness (QED) is 0.740. The molecule has 24 heavy (non-hydrogen) atoms. The Bertz CT molecular complexity index is 893. The minimum absolute atomic E-state index is 0.0396. The second-order valence-corrected chi connectivity index (χ2v) is 7.13. The van der Waals surface area contributed by atoms with Gasteiger partial charge in [-0.15, -0.1) is 0 Å². The van der Waals surface area contributed by atoms with E-state index >= 15 is 0 Å². The number of H-pyrrole nitrogens is 1. The molecule has 0 aliphatic heterocycles. The average molecular weight is 339 g/mol. The molecule has 3 aromatic rings. The number of hydrogen-bond donors (Lipinski definition) is 1. The van der Waals surface area contributed by atoms with Crippen LogP contribution in [0, 0.1) is 0 Å². The summed E-state index contributed by atoms with van der Waals surface area (Å²) < 4.78 is 0. The normalized spacial score (nSPS) is 15.4. The van der Waals surface area contributed by atoms with E-state index in [9.17, 15) is 4.79 Å². The van der Waals surface area contributed by atoms with E-state index < -0.39 is 0 Å². The number of nitrogens with one attached hydrogen (secondary N) is 1. The first kappa shape index (κ1) is 15.3. The zero-order valence-electron chi connectivity index (χ0n) is 13.6. The van der Waals surface area contributed by atoms with Crippen LogP contribution in [0.4, 0.5) is 0 Å². The van der Waals surface area contributed by atoms with Crippen LogP contribution in [-0.4, -0.2) is 29.4 Å². The van der Waals surface area contributed by atoms with Crippen LogP contribution in [0.1, 0.15) is 28.8 Å². The largest absolute Gasteiger partial charge is 0.361 e. The highest BCUT2D eigenvalue weighted by Crippen LogP contribution is 2.50. The van der Waals surface area contributed by atoms with Gasteiger partial charge in [-0.2, -0.15) is 0 Å². The Labute approximate surface area is 146 Å². The molecule has 0 spiro atoms. The summed E-state index contributed by atoms with van der Waals surface area (Å²) in [6.45, 7) is 0.732. The van der Waals surface area contributed by atoms with E-state index in [-0.39, 0.29) is 11.3 Å². The van der Waals surface area contributed by atoms with Gasteiger partial charge in [0.1, 0.15) is 0 Å². The maximum atomic E-state index is 12.7. The van der Waals surface area contributed by atoms with Crippen molar-refractivity contribution < 1.29 is 4.79 Å². The van der Waals surface area contributed by atoms with Gasteiger partial charge in [0.05, 0.1) is 0 Å². The fourth-order valence-corrected chi connectivity index (χ4v) is 3.64. The SMILES string of the molecule is CN(CC1(c2c[nH]c3ccccc23)CC1)C(=O)c1ccc(Cl)cc1. The minimum atomic E-state index is 0.0396. The van der Waals surface area contributed by atoms with Crippen LogP contribution in [0.2, 0.25) is 5.02 Å². The van der Waals surface area contributed by atoms with E-state index in [1.165, 1.54) is 10.9 Å². The number of fused-ring (bicyclic) bond motifs is 1. The van der Waals surface area contributed by atoms with Gasteiger partial charge in [0, 0.05) is 46.7 Å². The summed E-state index contributed by atoms with van der Waals surface area (Å²) in [7, 11) is 1.88. The molecule has 1 heterocycles. The second-order valence-electron chi connectivity index (χ2n) is 6.70. The van der Waals surface area contributed by atoms with Crippen molar-refractivity contribution in [1.29, 1.82) is 0 Å². The fraction of sp³-hybridized carbons (Fsp3) is 0.250. The monoisotopic (exact) mass is 338 g/mol. The topological polar surface area (TPSA) is 36.1 Å². The zero-order chi connectivity index (χ0) is 16.7. The van der Waals surface area contributed by atoms with Crippen LogP contribution >= 0.6 is 11.6 Å². The minimum Gasteiger partial charge on any atom is -0.361 e. The molecule has 0 bridgehead atoms. The molecule has 4 heteroatoms. The molecule has 1 amide bonds. The van der Waals surface area contributed by atoms with Gasteiger partial charge in [0.2, 0.25) is 0 Å². The zero-order valence-corrected chi connectivity index (χ0v) is 14.3. The van der Waals surface area contributed by atoms with Crippen molar-refractivity contribution in [1.82, 2.24) is 9.88 Å². The number of hydrogen-bond acceptors (Lipinski definition) is 1. The molecule has 1 aromatic heterocycles. The first-order valence-corrected chi connectivity index (χ1v) is 8.54. The van der Waals surface area contributed by atoms with Crippen molar-refractivity contribution in [2.75, 3.05) is 13.6 Å². The van der Waals surface area contributed by atoms with Gasteiger partial charge in [-0.3, -0.25) is 4.79 Å². The summed E-state index contributed by atoms with van der Waals surface area (Å²) in [5, 5.41) is 1.91. The molecule has 4 rings (SSSR count). The fourth-order valence-electron chi connectivity index (χ4n) is 3.51. The highest BCUT2D eigenvalue weighted by atomic mass is 35.5. The molecule has 3 nitrogen and oxygen atoms in total. The predicted molar refractivity (Wildman–Crippen MR) is 97.6 cm³/mol. The summed E-state index contributed by atoms with van der Waals surface area (Å²) in [5.41, 5.74) is 3.24. The Morgan fingerprint density at radius 1 is 1.17 bits per heavy atom. The van der Waals surface area contributed by atoms with Crippen LogP contribution in [0.3, 0.4) is 0 Å². The number of nitrogens with zero attached hydrogens (tertiary/aromatic N) is 1. The van der Waals surface area contributed by atoms with Gasteiger partial charge < -0.3 is 9.88 Å². The van der Waals surface area contributed by atoms with Crippen molar-refractivity contribution in [3.63, 3.8) is 0 Å². The van der Waals surface area contributed by atoms with Crippen molar-refractivity contribution in [2.24, 2.45) is 0 Å². The van der Waals surface area contributed by atoms with Crippen LogP contribution in [0.25, 0.3) is 10.9 Å². The third-order valence-electron chi connectivity index (χ3n) is 4.99. The Morgan fingerprint density at radius 3 is 2.58 bits per heavy atom. The molecule has 122 valence electrons. The van der Waals surface area contributed by atoms with Gasteiger partial charge in [-0.25, -0.2) is 0 Å². The summed E-state index contributed by atoms with van der Waals surface area (Å²) >= 11 is 5.91. The average Bonchev–Trinajstić information content (AvgIpc) is 3.23. The van der Waals surface area contributed by atoms with E-state index in [1.54, 1.807) is 24.3 Å². The molecule has 2 aromatic carbocycles. The molecule has 0 unspecified atom stereocenters. The van der Waals surface area contributed by atoms with Crippen molar-refractivity contribution >= 4 is 28.4 Å². The number of para-hydroxylation sites is 1. The molecule has 1 aliphatic carbocycles. The predicted octanol–water partition coefficient (Wildman–Crippen LogP) is 4.63. The molecular formula is C20H19ClN2O. The lowest BCUT2D eigenvalue weighted by molar-refractivity contribution is 0.0781. The van der Waals surface area contributed by atoms with Gasteiger partial charge in [-0.1, -0.05) is 29.8 Å². The Hall–Kier alpha value is -2.26. The van der Waals surface area contributed by atoms with E-state index in [0.29, 0.717) is 10.6 Å². The van der Waals surface area contributed by atoms with Gasteiger partial charge >= 0.3 is 0 Å². The lowest BCUT2D eigenvalue weighted by Gasteiger charge is -2.24. The van der Waals surface area contributed by atoms with Crippen LogP contribution < -0.4 is 0 Å². The number of rotatable bonds is 4. The highest BCUT2D eigenvalue weighted by molar-refractivity contribution is 6.30. The third-order valence-corrected chi connectivity index (χ3v) is 5.24. The van der Waals surface area contributed by atoms with Crippen LogP contribution in [0.15, 0.2) is 54.7 Å². The molecule has 0 atom stereocenters. The molecule has 1 N–H and O–H groups in total. The number of amides is 1. The van der Waals surface area contributed by atoms with Gasteiger partial charge in [0.25, 0.3) is 5.91 Å². The van der Waals surface area contributed by atoms with E-state index in [0.717, 1.165) is 24.9 Å². The second kappa shape index (κ2) is 5.67. The summed E-state index contributed by atoms with van der Waals surface area (Å²) in [5.74, 6) is 0.0396. The van der Waals surface area contributed by atoms with Crippen molar-refractivity contribution in [3.05, 3.63) is 70.9 Å². The number of aromatic nitrogens is 1. The molecule has 1 aliphatic rings. The summed E-state index contributed by atoms with van der Waals surface area (Å²) in [6, 6.07) is 15.4. The first-order chi connectivity index (χ1) is 11.6. The molecular weight excluding hydrogens is 320 g/mol. The Kier molecular flexibility index (Phi) is 3.61. The number of aromatic amines is 1. The number of carbonyl (C=O) groups excluding carboxylic acids is 1. The molecule has 1 saturated carbocycles. The molecule has 0 radical (unpaired) electrons. The standard InChI is InChI=1S/C20H19ClN2O/c1-23(19(24)14-6-8-15(21)9-7-14)13-20(10-11-20)17-12-22-18-5-3-2-4-16(17)18/h2-9,12,22H,10-11,13H2,1H3. The maximum absolute atomic E-state index is 12.7. The van der Waals surface area contributed by atoms with Gasteiger partial charge in [-0.05, 0) is 48.7 Å². The smallest absolute Gasteiger partial charge is 0.253 e. The third kappa shape index (κ3) is 2.59. The number of likely N-dealkylation sites (N-methyl/N-ethyl adjacent to an activating group) is 1. The lowest BCUT2D eigenvalue weighted by atomic mass is 9.94. The lowest BCUT2D eigenvalue weighted by Crippen LogP contribution is -2.34. The maximum Gasteiger partial charge on any atom is 0.253 e. The molecule has 1 fully saturated rings. The number of benzene rings is 2. The number of halogens is 1. The Morgan fingerprint density at radius 2 is 1.88 bits per heavy atom. The van der Waals surface area contributed by atoms with Crippen molar-refractivity contribution in [2.45, 2.75) is 18.3 Å². The summed E-state index contributed by atoms with van der Waals surface area (Å²) in [4.78, 5) is 17.9. The first-order valence-electron chi connectivity index (χ1n) is 8.17. The van der Waals surface area contributed by atoms with E-state index in [1.807, 2.05) is 18.0 Å². The highest BCUT2D eigenvalue weighted by Gasteiger charge is 2.47.